The van der Waals surface area contributed by atoms with Crippen molar-refractivity contribution >= 4 is 44.9 Å². The number of carbonyl (C=O) groups is 1. The molecule has 4 rings (SSSR count). The van der Waals surface area contributed by atoms with E-state index in [4.69, 9.17) is 0 Å². The van der Waals surface area contributed by atoms with Gasteiger partial charge in [0.05, 0.1) is 16.4 Å². The van der Waals surface area contributed by atoms with E-state index in [0.717, 1.165) is 36.1 Å². The number of nitrogens with zero attached hydrogens (tertiary/aromatic N) is 5. The number of hydrogen-bond donors (Lipinski definition) is 1. The summed E-state index contributed by atoms with van der Waals surface area (Å²) in [6, 6.07) is 7.72. The molecule has 0 atom stereocenters. The highest BCUT2D eigenvalue weighted by Crippen LogP contribution is 2.27. The van der Waals surface area contributed by atoms with Gasteiger partial charge in [0, 0.05) is 27.2 Å². The summed E-state index contributed by atoms with van der Waals surface area (Å²) in [5, 5.41) is 3.34. The maximum atomic E-state index is 12.7. The lowest BCUT2D eigenvalue weighted by Crippen LogP contribution is -2.23. The van der Waals surface area contributed by atoms with E-state index in [9.17, 15) is 4.79 Å². The van der Waals surface area contributed by atoms with E-state index in [-0.39, 0.29) is 5.91 Å². The highest BCUT2D eigenvalue weighted by atomic mass is 32.1. The zero-order chi connectivity index (χ0) is 18.1. The van der Waals surface area contributed by atoms with E-state index >= 15 is 0 Å². The topological polar surface area (TPSA) is 74.2 Å². The lowest BCUT2D eigenvalue weighted by atomic mass is 10.3. The number of para-hydroxylation sites is 1. The average Bonchev–Trinajstić information content (AvgIpc) is 3.31. The van der Waals surface area contributed by atoms with Crippen molar-refractivity contribution < 1.29 is 4.79 Å². The van der Waals surface area contributed by atoms with Crippen LogP contribution in [0.25, 0.3) is 10.2 Å². The van der Waals surface area contributed by atoms with E-state index in [2.05, 4.69) is 25.2 Å². The second-order valence-electron chi connectivity index (χ2n) is 6.44. The first-order chi connectivity index (χ1) is 12.6. The average molecular weight is 368 g/mol. The third-order valence-corrected chi connectivity index (χ3v) is 5.34. The Kier molecular flexibility index (Phi) is 4.42. The number of amides is 1. The van der Waals surface area contributed by atoms with Crippen LogP contribution in [0.5, 0.6) is 0 Å². The van der Waals surface area contributed by atoms with Crippen molar-refractivity contribution in [3.63, 3.8) is 0 Å². The number of benzene rings is 1. The predicted molar refractivity (Wildman–Crippen MR) is 105 cm³/mol. The molecule has 3 heterocycles. The van der Waals surface area contributed by atoms with Gasteiger partial charge in [-0.3, -0.25) is 4.79 Å². The molecule has 0 aliphatic carbocycles. The molecule has 1 aromatic carbocycles. The van der Waals surface area contributed by atoms with Crippen molar-refractivity contribution in [2.24, 2.45) is 0 Å². The molecule has 1 amide bonds. The van der Waals surface area contributed by atoms with Crippen molar-refractivity contribution in [2.45, 2.75) is 12.8 Å². The summed E-state index contributed by atoms with van der Waals surface area (Å²) in [6.45, 7) is 1.95. The minimum Gasteiger partial charge on any atom is -0.361 e. The molecular formula is C18H20N6OS. The summed E-state index contributed by atoms with van der Waals surface area (Å²) in [5.41, 5.74) is 1.42. The first-order valence-electron chi connectivity index (χ1n) is 8.58. The molecule has 134 valence electrons. The van der Waals surface area contributed by atoms with Gasteiger partial charge >= 0.3 is 0 Å². The van der Waals surface area contributed by atoms with Crippen LogP contribution in [0.15, 0.2) is 30.5 Å². The molecule has 0 spiro atoms. The molecule has 1 saturated heterocycles. The molecular weight excluding hydrogens is 348 g/mol. The minimum absolute atomic E-state index is 0.244. The lowest BCUT2D eigenvalue weighted by Gasteiger charge is -2.20. The molecule has 1 aliphatic heterocycles. The Hall–Kier alpha value is -2.74. The van der Waals surface area contributed by atoms with Crippen LogP contribution < -0.4 is 15.1 Å². The van der Waals surface area contributed by atoms with Crippen LogP contribution >= 0.6 is 11.3 Å². The fourth-order valence-corrected chi connectivity index (χ4v) is 3.87. The summed E-state index contributed by atoms with van der Waals surface area (Å²) in [4.78, 5) is 30.2. The van der Waals surface area contributed by atoms with E-state index in [1.807, 2.05) is 43.3 Å². The zero-order valence-corrected chi connectivity index (χ0v) is 15.6. The van der Waals surface area contributed by atoms with Crippen molar-refractivity contribution in [2.75, 3.05) is 42.3 Å². The number of thiazole rings is 1. The first kappa shape index (κ1) is 16.7. The second-order valence-corrected chi connectivity index (χ2v) is 7.47. The fourth-order valence-electron chi connectivity index (χ4n) is 3.01. The molecule has 2 aromatic heterocycles. The Labute approximate surface area is 155 Å². The maximum Gasteiger partial charge on any atom is 0.284 e. The lowest BCUT2D eigenvalue weighted by molar-refractivity contribution is 0.102. The SMILES string of the molecule is CN(C)c1nc(N2CCCC2)ncc1NC(=O)c1nc2ccccc2s1. The van der Waals surface area contributed by atoms with Gasteiger partial charge in [-0.1, -0.05) is 12.1 Å². The van der Waals surface area contributed by atoms with Gasteiger partial charge in [-0.25, -0.2) is 9.97 Å². The number of anilines is 3. The molecule has 0 saturated carbocycles. The second kappa shape index (κ2) is 6.87. The van der Waals surface area contributed by atoms with E-state index < -0.39 is 0 Å². The van der Waals surface area contributed by atoms with Crippen molar-refractivity contribution in [1.29, 1.82) is 0 Å². The summed E-state index contributed by atoms with van der Waals surface area (Å²) < 4.78 is 0.992. The molecule has 26 heavy (non-hydrogen) atoms. The Bertz CT molecular complexity index is 915. The van der Waals surface area contributed by atoms with Crippen LogP contribution in [0.2, 0.25) is 0 Å². The standard InChI is InChI=1S/C18H20N6OS/c1-23(2)15-13(11-19-18(22-15)24-9-5-6-10-24)20-16(25)17-21-12-7-3-4-8-14(12)26-17/h3-4,7-8,11H,5-6,9-10H2,1-2H3,(H,20,25). The van der Waals surface area contributed by atoms with Gasteiger partial charge in [0.15, 0.2) is 10.8 Å². The number of aromatic nitrogens is 3. The van der Waals surface area contributed by atoms with E-state index in [1.54, 1.807) is 6.20 Å². The molecule has 0 bridgehead atoms. The Morgan fingerprint density at radius 1 is 1.19 bits per heavy atom. The van der Waals surface area contributed by atoms with Crippen LogP contribution in [0.3, 0.4) is 0 Å². The first-order valence-corrected chi connectivity index (χ1v) is 9.40. The van der Waals surface area contributed by atoms with Crippen LogP contribution in [-0.4, -0.2) is 48.0 Å². The molecule has 1 aliphatic rings. The number of nitrogens with one attached hydrogen (secondary N) is 1. The van der Waals surface area contributed by atoms with Crippen LogP contribution in [0.1, 0.15) is 22.6 Å². The highest BCUT2D eigenvalue weighted by molar-refractivity contribution is 7.20. The largest absolute Gasteiger partial charge is 0.361 e. The Morgan fingerprint density at radius 3 is 2.69 bits per heavy atom. The summed E-state index contributed by atoms with van der Waals surface area (Å²) in [6.07, 6.45) is 4.01. The monoisotopic (exact) mass is 368 g/mol. The van der Waals surface area contributed by atoms with Gasteiger partial charge in [-0.15, -0.1) is 11.3 Å². The highest BCUT2D eigenvalue weighted by Gasteiger charge is 2.20. The minimum atomic E-state index is -0.244. The molecule has 3 aromatic rings. The van der Waals surface area contributed by atoms with Gasteiger partial charge in [0.2, 0.25) is 5.95 Å². The van der Waals surface area contributed by atoms with Crippen LogP contribution in [0.4, 0.5) is 17.5 Å². The smallest absolute Gasteiger partial charge is 0.284 e. The zero-order valence-electron chi connectivity index (χ0n) is 14.8. The molecule has 0 unspecified atom stereocenters. The number of rotatable bonds is 4. The summed E-state index contributed by atoms with van der Waals surface area (Å²) in [5.74, 6) is 1.16. The number of hydrogen-bond acceptors (Lipinski definition) is 7. The summed E-state index contributed by atoms with van der Waals surface area (Å²) in [7, 11) is 3.81. The molecule has 1 fully saturated rings. The molecule has 0 radical (unpaired) electrons. The van der Waals surface area contributed by atoms with E-state index in [1.165, 1.54) is 11.3 Å². The normalized spacial score (nSPS) is 14.0. The van der Waals surface area contributed by atoms with Crippen molar-refractivity contribution in [3.8, 4) is 0 Å². The summed E-state index contributed by atoms with van der Waals surface area (Å²) >= 11 is 1.38. The Balaban J connectivity index is 1.60. The number of fused-ring (bicyclic) bond motifs is 1. The fraction of sp³-hybridized carbons (Fsp3) is 0.333. The predicted octanol–water partition coefficient (Wildman–Crippen LogP) is 3.00. The third kappa shape index (κ3) is 3.20. The molecule has 1 N–H and O–H groups in total. The Morgan fingerprint density at radius 2 is 1.96 bits per heavy atom. The maximum absolute atomic E-state index is 12.7. The van der Waals surface area contributed by atoms with Gasteiger partial charge in [-0.05, 0) is 25.0 Å². The van der Waals surface area contributed by atoms with Gasteiger partial charge < -0.3 is 15.1 Å². The molecule has 7 nitrogen and oxygen atoms in total. The quantitative estimate of drug-likeness (QED) is 0.763. The van der Waals surface area contributed by atoms with E-state index in [0.29, 0.717) is 22.5 Å². The van der Waals surface area contributed by atoms with Gasteiger partial charge in [0.25, 0.3) is 5.91 Å². The van der Waals surface area contributed by atoms with Crippen LogP contribution in [0, 0.1) is 0 Å². The number of carbonyl (C=O) groups excluding carboxylic acids is 1. The van der Waals surface area contributed by atoms with Gasteiger partial charge in [-0.2, -0.15) is 4.98 Å². The third-order valence-electron chi connectivity index (χ3n) is 4.30. The van der Waals surface area contributed by atoms with Gasteiger partial charge in [0.1, 0.15) is 5.69 Å². The molecule has 8 heteroatoms. The van der Waals surface area contributed by atoms with Crippen molar-refractivity contribution in [3.05, 3.63) is 35.5 Å². The van der Waals surface area contributed by atoms with Crippen LogP contribution in [-0.2, 0) is 0 Å². The van der Waals surface area contributed by atoms with Crippen molar-refractivity contribution in [1.82, 2.24) is 15.0 Å².